The van der Waals surface area contributed by atoms with Crippen molar-refractivity contribution in [1.29, 1.82) is 5.41 Å². The zero-order chi connectivity index (χ0) is 17.2. The first-order chi connectivity index (χ1) is 10.2. The number of carbonyl (C=O) groups is 2. The maximum atomic E-state index is 11.8. The molecule has 0 aromatic carbocycles. The first-order valence-corrected chi connectivity index (χ1v) is 7.22. The summed E-state index contributed by atoms with van der Waals surface area (Å²) >= 11 is 0. The van der Waals surface area contributed by atoms with Crippen LogP contribution in [0.2, 0.25) is 0 Å². The van der Waals surface area contributed by atoms with E-state index in [1.165, 1.54) is 19.3 Å². The van der Waals surface area contributed by atoms with Crippen molar-refractivity contribution in [1.82, 2.24) is 5.32 Å². The van der Waals surface area contributed by atoms with E-state index in [9.17, 15) is 9.59 Å². The molecule has 0 unspecified atom stereocenters. The van der Waals surface area contributed by atoms with Gasteiger partial charge in [0.25, 0.3) is 0 Å². The highest BCUT2D eigenvalue weighted by atomic mass is 16.6. The second-order valence-corrected chi connectivity index (χ2v) is 5.63. The smallest absolute Gasteiger partial charge is 0.412 e. The summed E-state index contributed by atoms with van der Waals surface area (Å²) in [5.74, 6) is -0.386. The Hall–Kier alpha value is -2.11. The summed E-state index contributed by atoms with van der Waals surface area (Å²) in [5.41, 5.74) is -0.150. The van der Waals surface area contributed by atoms with Crippen LogP contribution in [0.25, 0.3) is 0 Å². The summed E-state index contributed by atoms with van der Waals surface area (Å²) < 4.78 is 9.68. The lowest BCUT2D eigenvalue weighted by Gasteiger charge is -2.20. The van der Waals surface area contributed by atoms with Gasteiger partial charge in [-0.1, -0.05) is 25.5 Å². The average Bonchev–Trinajstić information content (AvgIpc) is 2.40. The topological polar surface area (TPSA) is 88.5 Å². The standard InChI is InChI=1S/C16H26N2O4/c1-6-7-10-13(18-15(20)22-16(2,3)4)12(17)9-8-11-14(19)21-5/h8-10,17H,6-7,11H2,1-5H3,(H,18,20)/b9-8+,13-10+,17-12?. The van der Waals surface area contributed by atoms with E-state index in [2.05, 4.69) is 10.1 Å². The lowest BCUT2D eigenvalue weighted by molar-refractivity contribution is -0.139. The van der Waals surface area contributed by atoms with Gasteiger partial charge in [-0.2, -0.15) is 0 Å². The van der Waals surface area contributed by atoms with Gasteiger partial charge in [-0.15, -0.1) is 0 Å². The van der Waals surface area contributed by atoms with Gasteiger partial charge in [0, 0.05) is 0 Å². The number of allylic oxidation sites excluding steroid dienone is 2. The molecule has 0 radical (unpaired) electrons. The Morgan fingerprint density at radius 1 is 1.27 bits per heavy atom. The lowest BCUT2D eigenvalue weighted by Crippen LogP contribution is -2.33. The number of esters is 1. The molecule has 0 bridgehead atoms. The minimum absolute atomic E-state index is 0.0758. The first-order valence-electron chi connectivity index (χ1n) is 7.22. The fraction of sp³-hybridized carbons (Fsp3) is 0.562. The van der Waals surface area contributed by atoms with Crippen LogP contribution in [-0.4, -0.2) is 30.5 Å². The fourth-order valence-electron chi connectivity index (χ4n) is 1.38. The van der Waals surface area contributed by atoms with E-state index in [0.29, 0.717) is 5.70 Å². The van der Waals surface area contributed by atoms with Gasteiger partial charge in [-0.05, 0) is 33.3 Å². The Kier molecular flexibility index (Phi) is 8.82. The van der Waals surface area contributed by atoms with E-state index >= 15 is 0 Å². The molecule has 22 heavy (non-hydrogen) atoms. The Morgan fingerprint density at radius 3 is 2.41 bits per heavy atom. The van der Waals surface area contributed by atoms with Crippen LogP contribution in [0.5, 0.6) is 0 Å². The number of methoxy groups -OCH3 is 1. The normalized spacial score (nSPS) is 12.1. The van der Waals surface area contributed by atoms with Crippen LogP contribution in [-0.2, 0) is 14.3 Å². The van der Waals surface area contributed by atoms with Crippen LogP contribution in [0.4, 0.5) is 4.79 Å². The Morgan fingerprint density at radius 2 is 1.91 bits per heavy atom. The summed E-state index contributed by atoms with van der Waals surface area (Å²) in [6, 6.07) is 0. The van der Waals surface area contributed by atoms with Crippen molar-refractivity contribution in [2.45, 2.75) is 52.6 Å². The van der Waals surface area contributed by atoms with Crippen molar-refractivity contribution in [3.63, 3.8) is 0 Å². The number of amides is 1. The quantitative estimate of drug-likeness (QED) is 0.557. The molecule has 0 heterocycles. The Labute approximate surface area is 132 Å². The molecule has 0 aliphatic rings. The Balaban J connectivity index is 4.80. The van der Waals surface area contributed by atoms with Crippen molar-refractivity contribution in [3.8, 4) is 0 Å². The summed E-state index contributed by atoms with van der Waals surface area (Å²) in [4.78, 5) is 22.8. The van der Waals surface area contributed by atoms with E-state index in [0.717, 1.165) is 12.8 Å². The van der Waals surface area contributed by atoms with Gasteiger partial charge in [-0.25, -0.2) is 4.79 Å². The van der Waals surface area contributed by atoms with Crippen LogP contribution in [0.15, 0.2) is 23.9 Å². The summed E-state index contributed by atoms with van der Waals surface area (Å²) in [7, 11) is 1.30. The number of hydrogen-bond acceptors (Lipinski definition) is 5. The molecular weight excluding hydrogens is 284 g/mol. The van der Waals surface area contributed by atoms with Gasteiger partial charge in [0.2, 0.25) is 0 Å². The summed E-state index contributed by atoms with van der Waals surface area (Å²) in [5, 5.41) is 10.5. The number of hydrogen-bond donors (Lipinski definition) is 2. The van der Waals surface area contributed by atoms with Crippen LogP contribution in [0.1, 0.15) is 47.0 Å². The van der Waals surface area contributed by atoms with Gasteiger partial charge in [-0.3, -0.25) is 15.5 Å². The van der Waals surface area contributed by atoms with Gasteiger partial charge in [0.1, 0.15) is 5.60 Å². The predicted octanol–water partition coefficient (Wildman–Crippen LogP) is 3.33. The molecule has 0 aliphatic heterocycles. The monoisotopic (exact) mass is 310 g/mol. The number of alkyl carbamates (subject to hydrolysis) is 1. The van der Waals surface area contributed by atoms with E-state index < -0.39 is 11.7 Å². The second kappa shape index (κ2) is 9.76. The molecule has 0 rings (SSSR count). The van der Waals surface area contributed by atoms with Crippen molar-refractivity contribution in [2.75, 3.05) is 7.11 Å². The van der Waals surface area contributed by atoms with Crippen LogP contribution in [0, 0.1) is 5.41 Å². The minimum atomic E-state index is -0.610. The number of carbonyl (C=O) groups excluding carboxylic acids is 2. The van der Waals surface area contributed by atoms with E-state index in [1.54, 1.807) is 26.8 Å². The SMILES string of the molecule is CCC/C=C(/NC(=O)OC(C)(C)C)C(=N)/C=C/CC(=O)OC. The second-order valence-electron chi connectivity index (χ2n) is 5.63. The van der Waals surface area contributed by atoms with Crippen molar-refractivity contribution >= 4 is 17.8 Å². The first kappa shape index (κ1) is 19.9. The van der Waals surface area contributed by atoms with Crippen molar-refractivity contribution in [3.05, 3.63) is 23.9 Å². The molecule has 0 fully saturated rings. The van der Waals surface area contributed by atoms with Crippen LogP contribution < -0.4 is 5.32 Å². The van der Waals surface area contributed by atoms with Gasteiger partial charge >= 0.3 is 12.1 Å². The van der Waals surface area contributed by atoms with Crippen molar-refractivity contribution in [2.24, 2.45) is 0 Å². The van der Waals surface area contributed by atoms with Crippen LogP contribution >= 0.6 is 0 Å². The maximum absolute atomic E-state index is 11.8. The highest BCUT2D eigenvalue weighted by molar-refractivity contribution is 6.07. The summed E-state index contributed by atoms with van der Waals surface area (Å²) in [6.07, 6.45) is 5.81. The third-order valence-electron chi connectivity index (χ3n) is 2.36. The Bertz CT molecular complexity index is 459. The molecule has 0 aliphatic carbocycles. The zero-order valence-electron chi connectivity index (χ0n) is 14.0. The number of nitrogens with one attached hydrogen (secondary N) is 2. The van der Waals surface area contributed by atoms with Gasteiger partial charge in [0.15, 0.2) is 0 Å². The van der Waals surface area contributed by atoms with Crippen LogP contribution in [0.3, 0.4) is 0 Å². The molecule has 6 heteroatoms. The number of unbranched alkanes of at least 4 members (excludes halogenated alkanes) is 1. The fourth-order valence-corrected chi connectivity index (χ4v) is 1.38. The van der Waals surface area contributed by atoms with E-state index in [1.807, 2.05) is 6.92 Å². The average molecular weight is 310 g/mol. The highest BCUT2D eigenvalue weighted by Crippen LogP contribution is 2.08. The molecule has 2 N–H and O–H groups in total. The van der Waals surface area contributed by atoms with Gasteiger partial charge < -0.3 is 9.47 Å². The largest absolute Gasteiger partial charge is 0.469 e. The number of ether oxygens (including phenoxy) is 2. The molecular formula is C16H26N2O4. The van der Waals surface area contributed by atoms with E-state index in [-0.39, 0.29) is 18.1 Å². The molecule has 1 amide bonds. The third kappa shape index (κ3) is 9.74. The molecule has 0 aromatic rings. The third-order valence-corrected chi connectivity index (χ3v) is 2.36. The zero-order valence-corrected chi connectivity index (χ0v) is 14.0. The lowest BCUT2D eigenvalue weighted by atomic mass is 10.2. The molecule has 0 atom stereocenters. The predicted molar refractivity (Wildman–Crippen MR) is 85.9 cm³/mol. The molecule has 124 valence electrons. The molecule has 0 spiro atoms. The van der Waals surface area contributed by atoms with Gasteiger partial charge in [0.05, 0.1) is 24.9 Å². The number of rotatable bonds is 7. The molecule has 0 saturated heterocycles. The molecule has 0 aromatic heterocycles. The minimum Gasteiger partial charge on any atom is -0.469 e. The van der Waals surface area contributed by atoms with E-state index in [4.69, 9.17) is 10.1 Å². The van der Waals surface area contributed by atoms with Crippen molar-refractivity contribution < 1.29 is 19.1 Å². The highest BCUT2D eigenvalue weighted by Gasteiger charge is 2.17. The molecule has 6 nitrogen and oxygen atoms in total. The molecule has 0 saturated carbocycles. The maximum Gasteiger partial charge on any atom is 0.412 e. The summed E-state index contributed by atoms with van der Waals surface area (Å²) in [6.45, 7) is 7.30.